The normalized spacial score (nSPS) is 13.7. The summed E-state index contributed by atoms with van der Waals surface area (Å²) in [5, 5.41) is 6.99. The van der Waals surface area contributed by atoms with Crippen molar-refractivity contribution < 1.29 is 0 Å². The van der Waals surface area contributed by atoms with Gasteiger partial charge in [-0.15, -0.1) is 11.8 Å². The molecule has 1 fully saturated rings. The molecule has 2 aromatic rings. The molecule has 0 aliphatic carbocycles. The molecule has 0 unspecified atom stereocenters. The van der Waals surface area contributed by atoms with Gasteiger partial charge in [0.1, 0.15) is 0 Å². The first kappa shape index (κ1) is 25.9. The van der Waals surface area contributed by atoms with E-state index in [1.807, 2.05) is 11.8 Å². The van der Waals surface area contributed by atoms with Crippen LogP contribution in [0.2, 0.25) is 0 Å². The zero-order valence-corrected chi connectivity index (χ0v) is 22.2. The average molecular weight is 485 g/mol. The highest BCUT2D eigenvalue weighted by Gasteiger charge is 2.16. The molecule has 0 saturated carbocycles. The van der Waals surface area contributed by atoms with Gasteiger partial charge in [-0.1, -0.05) is 51.1 Å². The number of benzene rings is 2. The molecule has 0 bridgehead atoms. The standard InChI is InChI=1S/C27H40N4S2/c1-5-6-7-8-9-20-33-25-13-10-23(11-14-25)29-22(2)26-21-24(31-18-16-28-17-19-31)12-15-27(26)30(3)32-4/h10-15,21,28-29H,2,5-9,16-20H2,1,3-4H3. The minimum Gasteiger partial charge on any atom is -0.369 e. The van der Waals surface area contributed by atoms with E-state index < -0.39 is 0 Å². The zero-order valence-electron chi connectivity index (χ0n) is 20.5. The maximum atomic E-state index is 4.41. The maximum absolute atomic E-state index is 4.41. The SMILES string of the molecule is C=C(Nc1ccc(SCCCCCCC)cc1)c1cc(N2CCNCC2)ccc1N(C)SC. The number of piperazine rings is 1. The van der Waals surface area contributed by atoms with Crippen molar-refractivity contribution in [1.82, 2.24) is 5.32 Å². The summed E-state index contributed by atoms with van der Waals surface area (Å²) in [4.78, 5) is 3.79. The van der Waals surface area contributed by atoms with E-state index in [4.69, 9.17) is 0 Å². The average Bonchev–Trinajstić information content (AvgIpc) is 2.86. The Labute approximate surface area is 209 Å². The molecule has 2 N–H and O–H groups in total. The maximum Gasteiger partial charge on any atom is 0.0561 e. The quantitative estimate of drug-likeness (QED) is 0.182. The van der Waals surface area contributed by atoms with Crippen LogP contribution in [-0.2, 0) is 0 Å². The van der Waals surface area contributed by atoms with Crippen molar-refractivity contribution in [2.24, 2.45) is 0 Å². The molecule has 2 aromatic carbocycles. The Balaban J connectivity index is 1.64. The van der Waals surface area contributed by atoms with Crippen LogP contribution < -0.4 is 19.8 Å². The Hall–Kier alpha value is -1.76. The van der Waals surface area contributed by atoms with Gasteiger partial charge in [0.05, 0.1) is 5.69 Å². The second kappa shape index (κ2) is 13.8. The minimum absolute atomic E-state index is 0.930. The monoisotopic (exact) mass is 484 g/mol. The number of anilines is 3. The van der Waals surface area contributed by atoms with E-state index in [2.05, 4.69) is 89.1 Å². The topological polar surface area (TPSA) is 30.5 Å². The van der Waals surface area contributed by atoms with E-state index in [-0.39, 0.29) is 0 Å². The Morgan fingerprint density at radius 1 is 1.06 bits per heavy atom. The lowest BCUT2D eigenvalue weighted by Crippen LogP contribution is -2.43. The van der Waals surface area contributed by atoms with Gasteiger partial charge in [-0.05, 0) is 54.6 Å². The molecule has 0 spiro atoms. The van der Waals surface area contributed by atoms with Gasteiger partial charge in [0, 0.05) is 67.0 Å². The smallest absolute Gasteiger partial charge is 0.0561 e. The van der Waals surface area contributed by atoms with E-state index in [1.165, 1.54) is 54.1 Å². The van der Waals surface area contributed by atoms with E-state index >= 15 is 0 Å². The van der Waals surface area contributed by atoms with E-state index in [1.54, 1.807) is 11.9 Å². The predicted molar refractivity (Wildman–Crippen MR) is 152 cm³/mol. The number of thioether (sulfide) groups is 1. The summed E-state index contributed by atoms with van der Waals surface area (Å²) in [5.74, 6) is 1.20. The molecule has 1 heterocycles. The predicted octanol–water partition coefficient (Wildman–Crippen LogP) is 6.96. The molecule has 0 amide bonds. The van der Waals surface area contributed by atoms with Crippen LogP contribution in [0.1, 0.15) is 44.6 Å². The molecular weight excluding hydrogens is 444 g/mol. The van der Waals surface area contributed by atoms with Crippen LogP contribution in [0.4, 0.5) is 17.1 Å². The lowest BCUT2D eigenvalue weighted by molar-refractivity contribution is 0.589. The molecule has 33 heavy (non-hydrogen) atoms. The van der Waals surface area contributed by atoms with Gasteiger partial charge in [0.2, 0.25) is 0 Å². The number of nitrogens with one attached hydrogen (secondary N) is 2. The second-order valence-corrected chi connectivity index (χ2v) is 10.6. The van der Waals surface area contributed by atoms with Crippen molar-refractivity contribution in [2.45, 2.75) is 43.9 Å². The van der Waals surface area contributed by atoms with E-state index in [0.29, 0.717) is 0 Å². The summed E-state index contributed by atoms with van der Waals surface area (Å²) in [7, 11) is 2.11. The van der Waals surface area contributed by atoms with Crippen LogP contribution in [0.3, 0.4) is 0 Å². The highest BCUT2D eigenvalue weighted by Crippen LogP contribution is 2.33. The van der Waals surface area contributed by atoms with Crippen LogP contribution in [0, 0.1) is 0 Å². The summed E-state index contributed by atoms with van der Waals surface area (Å²) in [5.41, 5.74) is 5.60. The van der Waals surface area contributed by atoms with E-state index in [9.17, 15) is 0 Å². The molecule has 0 aromatic heterocycles. The first-order valence-corrected chi connectivity index (χ1v) is 14.4. The highest BCUT2D eigenvalue weighted by atomic mass is 32.2. The third kappa shape index (κ3) is 7.90. The van der Waals surface area contributed by atoms with Gasteiger partial charge in [-0.2, -0.15) is 0 Å². The van der Waals surface area contributed by atoms with Crippen LogP contribution in [-0.4, -0.2) is 45.2 Å². The van der Waals surface area contributed by atoms with Crippen molar-refractivity contribution in [3.8, 4) is 0 Å². The second-order valence-electron chi connectivity index (χ2n) is 8.51. The van der Waals surface area contributed by atoms with Crippen molar-refractivity contribution in [2.75, 3.05) is 59.8 Å². The van der Waals surface area contributed by atoms with Gasteiger partial charge >= 0.3 is 0 Å². The third-order valence-electron chi connectivity index (χ3n) is 6.07. The zero-order chi connectivity index (χ0) is 23.5. The number of rotatable bonds is 13. The van der Waals surface area contributed by atoms with Gasteiger partial charge in [0.25, 0.3) is 0 Å². The minimum atomic E-state index is 0.930. The molecule has 1 aliphatic rings. The molecule has 0 atom stereocenters. The molecule has 4 nitrogen and oxygen atoms in total. The first-order valence-electron chi connectivity index (χ1n) is 12.2. The summed E-state index contributed by atoms with van der Waals surface area (Å²) in [6, 6.07) is 15.5. The lowest BCUT2D eigenvalue weighted by Gasteiger charge is -2.31. The Morgan fingerprint density at radius 2 is 1.79 bits per heavy atom. The summed E-state index contributed by atoms with van der Waals surface area (Å²) < 4.78 is 2.20. The van der Waals surface area contributed by atoms with E-state index in [0.717, 1.165) is 43.1 Å². The summed E-state index contributed by atoms with van der Waals surface area (Å²) in [6.07, 6.45) is 8.79. The van der Waals surface area contributed by atoms with Crippen molar-refractivity contribution in [3.05, 3.63) is 54.6 Å². The van der Waals surface area contributed by atoms with Crippen LogP contribution in [0.15, 0.2) is 53.9 Å². The number of unbranched alkanes of at least 4 members (excludes halogenated alkanes) is 4. The van der Waals surface area contributed by atoms with Crippen molar-refractivity contribution in [1.29, 1.82) is 0 Å². The van der Waals surface area contributed by atoms with Gasteiger partial charge < -0.3 is 19.8 Å². The lowest BCUT2D eigenvalue weighted by atomic mass is 10.1. The third-order valence-corrected chi connectivity index (χ3v) is 7.91. The fourth-order valence-electron chi connectivity index (χ4n) is 4.03. The van der Waals surface area contributed by atoms with Crippen molar-refractivity contribution >= 4 is 46.5 Å². The summed E-state index contributed by atoms with van der Waals surface area (Å²) in [6.45, 7) is 10.8. The Kier molecular flexibility index (Phi) is 10.8. The van der Waals surface area contributed by atoms with Gasteiger partial charge in [-0.25, -0.2) is 0 Å². The number of nitrogens with zero attached hydrogens (tertiary/aromatic N) is 2. The Morgan fingerprint density at radius 3 is 2.48 bits per heavy atom. The van der Waals surface area contributed by atoms with Gasteiger partial charge in [-0.3, -0.25) is 0 Å². The molecule has 0 radical (unpaired) electrons. The molecular formula is C27H40N4S2. The fourth-order valence-corrected chi connectivity index (χ4v) is 5.30. The summed E-state index contributed by atoms with van der Waals surface area (Å²) >= 11 is 3.67. The highest BCUT2D eigenvalue weighted by molar-refractivity contribution is 8.00. The van der Waals surface area contributed by atoms with Gasteiger partial charge in [0.15, 0.2) is 0 Å². The number of hydrogen-bond donors (Lipinski definition) is 2. The molecule has 180 valence electrons. The molecule has 1 saturated heterocycles. The van der Waals surface area contributed by atoms with Crippen LogP contribution in [0.25, 0.3) is 5.70 Å². The van der Waals surface area contributed by atoms with Crippen LogP contribution in [0.5, 0.6) is 0 Å². The number of hydrogen-bond acceptors (Lipinski definition) is 6. The molecule has 3 rings (SSSR count). The largest absolute Gasteiger partial charge is 0.369 e. The first-order chi connectivity index (χ1) is 16.1. The molecule has 6 heteroatoms. The van der Waals surface area contributed by atoms with Crippen molar-refractivity contribution in [3.63, 3.8) is 0 Å². The fraction of sp³-hybridized carbons (Fsp3) is 0.481. The molecule has 1 aliphatic heterocycles. The van der Waals surface area contributed by atoms with Crippen LogP contribution >= 0.6 is 23.7 Å². The Bertz CT molecular complexity index is 863.